The third-order valence-electron chi connectivity index (χ3n) is 11.5. The summed E-state index contributed by atoms with van der Waals surface area (Å²) in [5.74, 6) is -0.239. The zero-order valence-electron chi connectivity index (χ0n) is 36.2. The summed E-state index contributed by atoms with van der Waals surface area (Å²) < 4.78 is 0. The lowest BCUT2D eigenvalue weighted by Crippen LogP contribution is -2.56. The van der Waals surface area contributed by atoms with Crippen LogP contribution in [0.5, 0.6) is 0 Å². The topological polar surface area (TPSA) is 221 Å². The van der Waals surface area contributed by atoms with Crippen molar-refractivity contribution in [1.29, 1.82) is 5.26 Å². The Morgan fingerprint density at radius 3 is 2.02 bits per heavy atom. The summed E-state index contributed by atoms with van der Waals surface area (Å²) in [6.45, 7) is 8.21. The minimum absolute atomic E-state index is 0. The second-order valence-corrected chi connectivity index (χ2v) is 18.5. The summed E-state index contributed by atoms with van der Waals surface area (Å²) in [4.78, 5) is 30.1. The van der Waals surface area contributed by atoms with Gasteiger partial charge in [0, 0.05) is 72.7 Å². The molecule has 7 N–H and O–H groups in total. The molecular formula is C43H64Cl3N10O5S+. The number of thioether (sulfide) groups is 1. The number of carbonyl (C=O) groups excluding carboxylic acids is 1. The number of nitriles is 1. The number of carbonyl (C=O) groups is 2. The number of hydrogen-bond acceptors (Lipinski definition) is 12. The largest absolute Gasteiger partial charge is 0.481 e. The summed E-state index contributed by atoms with van der Waals surface area (Å²) >= 11 is 13.3. The normalized spacial score (nSPS) is 26.5. The van der Waals surface area contributed by atoms with Gasteiger partial charge in [-0.05, 0) is 131 Å². The van der Waals surface area contributed by atoms with Crippen LogP contribution in [0, 0.1) is 11.5 Å². The molecule has 4 heterocycles. The van der Waals surface area contributed by atoms with Gasteiger partial charge in [0.25, 0.3) is 5.97 Å². The van der Waals surface area contributed by atoms with Crippen LogP contribution in [0.15, 0.2) is 53.5 Å². The SMILES string of the molecule is CC(=O)O.CC1(O)CCN(C2CCC([n+]3nc(N)n[nH]3)CC2)[C@@H](Cc2ccc(Cl)cc2)C1.CC1(O)CCN[C@@H](Cc2ccc(Cl)cc2)C1.CSC(=NC#N)N1CCC(=O)CC1.Cl. The van der Waals surface area contributed by atoms with Crippen LogP contribution < -0.4 is 15.8 Å². The molecule has 19 heteroatoms. The Hall–Kier alpha value is -3.53. The fraction of sp³-hybridized carbons (Fsp3) is 0.605. The van der Waals surface area contributed by atoms with Gasteiger partial charge in [0.05, 0.1) is 16.3 Å². The standard InChI is InChI=1S/C20H29ClN6O.C13H18ClNO.C8H11N3OS.C2H4O2.ClH/c1-20(28)10-11-26(18(13-20)12-14-2-4-15(21)5-3-14)16-6-8-17(9-7-16)27-24-19(22)23-25-27;1-13(16)6-7-15-12(9-13)8-10-2-4-11(14)5-3-10;1-13-8(10-6-9)11-4-2-7(12)3-5-11;1-2(3)4;/h2-5,16-18,28H,6-13H2,1H3,(H2,22,24);2-5,12,15-16H,6-9H2,1H3;2-5H2,1H3;1H3,(H,3,4);1H/p+1/t16?,17?,18-,20?;12-,13?;;;/m00.../s1. The van der Waals surface area contributed by atoms with Crippen molar-refractivity contribution in [1.82, 2.24) is 30.5 Å². The summed E-state index contributed by atoms with van der Waals surface area (Å²) in [6.07, 6.45) is 14.4. The van der Waals surface area contributed by atoms with Crippen molar-refractivity contribution in [3.8, 4) is 6.19 Å². The van der Waals surface area contributed by atoms with Crippen molar-refractivity contribution in [2.45, 2.75) is 133 Å². The van der Waals surface area contributed by atoms with Gasteiger partial charge in [-0.25, -0.2) is 0 Å². The van der Waals surface area contributed by atoms with Crippen molar-refractivity contribution in [2.24, 2.45) is 4.99 Å². The van der Waals surface area contributed by atoms with Gasteiger partial charge >= 0.3 is 5.95 Å². The highest BCUT2D eigenvalue weighted by atomic mass is 35.5. The molecule has 342 valence electrons. The van der Waals surface area contributed by atoms with E-state index >= 15 is 0 Å². The maximum Gasteiger partial charge on any atom is 0.398 e. The Balaban J connectivity index is 0.000000256. The number of aromatic amines is 1. The number of nitrogen functional groups attached to an aromatic ring is 1. The number of tetrazole rings is 1. The van der Waals surface area contributed by atoms with E-state index in [-0.39, 0.29) is 12.4 Å². The molecule has 0 amide bonds. The second kappa shape index (κ2) is 25.7. The zero-order chi connectivity index (χ0) is 44.6. The molecule has 4 fully saturated rings. The van der Waals surface area contributed by atoms with Crippen LogP contribution in [-0.4, -0.2) is 119 Å². The van der Waals surface area contributed by atoms with Gasteiger partial charge < -0.3 is 31.3 Å². The number of benzene rings is 2. The number of nitrogens with one attached hydrogen (secondary N) is 2. The Labute approximate surface area is 386 Å². The predicted molar refractivity (Wildman–Crippen MR) is 248 cm³/mol. The van der Waals surface area contributed by atoms with E-state index in [1.807, 2.05) is 61.4 Å². The molecule has 0 bridgehead atoms. The van der Waals surface area contributed by atoms with Crippen LogP contribution in [0.1, 0.15) is 102 Å². The van der Waals surface area contributed by atoms with Gasteiger partial charge in [-0.2, -0.15) is 5.26 Å². The lowest BCUT2D eigenvalue weighted by molar-refractivity contribution is -0.828. The predicted octanol–water partition coefficient (Wildman–Crippen LogP) is 6.02. The Morgan fingerprint density at radius 2 is 1.52 bits per heavy atom. The van der Waals surface area contributed by atoms with Crippen molar-refractivity contribution < 1.29 is 29.7 Å². The van der Waals surface area contributed by atoms with Crippen LogP contribution >= 0.6 is 47.4 Å². The molecule has 2 unspecified atom stereocenters. The number of aromatic nitrogens is 4. The van der Waals surface area contributed by atoms with Crippen molar-refractivity contribution >= 4 is 70.2 Å². The molecular weight excluding hydrogens is 875 g/mol. The molecule has 3 aromatic rings. The number of halogens is 3. The van der Waals surface area contributed by atoms with Gasteiger partial charge in [-0.3, -0.25) is 14.5 Å². The first-order valence-electron chi connectivity index (χ1n) is 20.9. The summed E-state index contributed by atoms with van der Waals surface area (Å²) in [5, 5.41) is 53.3. The Morgan fingerprint density at radius 1 is 0.968 bits per heavy atom. The molecule has 0 spiro atoms. The lowest BCUT2D eigenvalue weighted by atomic mass is 9.81. The molecule has 15 nitrogen and oxygen atoms in total. The number of aliphatic imine (C=N–C) groups is 1. The van der Waals surface area contributed by atoms with Crippen LogP contribution in [0.25, 0.3) is 0 Å². The maximum atomic E-state index is 10.9. The van der Waals surface area contributed by atoms with Gasteiger partial charge in [0.1, 0.15) is 11.8 Å². The third-order valence-corrected chi connectivity index (χ3v) is 12.7. The molecule has 4 atom stereocenters. The summed E-state index contributed by atoms with van der Waals surface area (Å²) in [7, 11) is 0. The number of carboxylic acids is 1. The number of nitrogens with two attached hydrogens (primary N) is 1. The first-order valence-corrected chi connectivity index (χ1v) is 22.9. The third kappa shape index (κ3) is 18.3. The molecule has 1 saturated carbocycles. The smallest absolute Gasteiger partial charge is 0.398 e. The first-order chi connectivity index (χ1) is 29.0. The van der Waals surface area contributed by atoms with E-state index in [9.17, 15) is 15.0 Å². The number of H-pyrrole nitrogens is 1. The zero-order valence-corrected chi connectivity index (χ0v) is 39.3. The van der Waals surface area contributed by atoms with Crippen molar-refractivity contribution in [3.05, 3.63) is 69.7 Å². The lowest BCUT2D eigenvalue weighted by Gasteiger charge is -2.47. The number of anilines is 1. The number of aliphatic hydroxyl groups is 2. The number of nitrogens with zero attached hydrogens (tertiary/aromatic N) is 7. The molecule has 7 rings (SSSR count). The van der Waals surface area contributed by atoms with Gasteiger partial charge in [-0.15, -0.1) is 17.4 Å². The number of aliphatic carboxylic acids is 1. The average molecular weight is 939 g/mol. The molecule has 0 radical (unpaired) electrons. The van der Waals surface area contributed by atoms with Crippen molar-refractivity contribution in [3.63, 3.8) is 0 Å². The van der Waals surface area contributed by atoms with E-state index in [0.717, 1.165) is 99.4 Å². The second-order valence-electron chi connectivity index (χ2n) is 16.8. The van der Waals surface area contributed by atoms with Crippen LogP contribution in [0.4, 0.5) is 5.95 Å². The van der Waals surface area contributed by atoms with Gasteiger partial charge in [-0.1, -0.05) is 64.0 Å². The molecule has 1 aliphatic carbocycles. The number of piperidine rings is 3. The van der Waals surface area contributed by atoms with Crippen LogP contribution in [-0.2, 0) is 22.4 Å². The highest BCUT2D eigenvalue weighted by Crippen LogP contribution is 2.35. The molecule has 3 aliphatic heterocycles. The van der Waals surface area contributed by atoms with E-state index in [4.69, 9.17) is 44.1 Å². The molecule has 3 saturated heterocycles. The highest BCUT2D eigenvalue weighted by Gasteiger charge is 2.40. The maximum absolute atomic E-state index is 10.9. The number of ketones is 1. The average Bonchev–Trinajstić information content (AvgIpc) is 3.65. The van der Waals surface area contributed by atoms with Crippen molar-refractivity contribution in [2.75, 3.05) is 38.2 Å². The molecule has 62 heavy (non-hydrogen) atoms. The van der Waals surface area contributed by atoms with Crippen LogP contribution in [0.2, 0.25) is 10.0 Å². The van der Waals surface area contributed by atoms with Crippen LogP contribution in [0.3, 0.4) is 0 Å². The number of Topliss-reactive ketones (excluding diaryl/α,β-unsaturated/α-hetero) is 1. The van der Waals surface area contributed by atoms with Gasteiger partial charge in [0.2, 0.25) is 6.19 Å². The number of amidine groups is 1. The van der Waals surface area contributed by atoms with E-state index < -0.39 is 17.2 Å². The molecule has 2 aromatic carbocycles. The first kappa shape index (κ1) is 52.8. The summed E-state index contributed by atoms with van der Waals surface area (Å²) in [6, 6.07) is 17.6. The highest BCUT2D eigenvalue weighted by molar-refractivity contribution is 8.13. The minimum atomic E-state index is -0.833. The van der Waals surface area contributed by atoms with Gasteiger partial charge in [0.15, 0.2) is 5.17 Å². The van der Waals surface area contributed by atoms with E-state index in [2.05, 4.69) is 42.8 Å². The number of likely N-dealkylation sites (tertiary alicyclic amines) is 2. The fourth-order valence-corrected chi connectivity index (χ4v) is 9.26. The summed E-state index contributed by atoms with van der Waals surface area (Å²) in [5.41, 5.74) is 7.08. The van der Waals surface area contributed by atoms with E-state index in [1.54, 1.807) is 11.0 Å². The molecule has 1 aromatic heterocycles. The van der Waals surface area contributed by atoms with E-state index in [0.29, 0.717) is 61.8 Å². The fourth-order valence-electron chi connectivity index (χ4n) is 8.43. The Bertz CT molecular complexity index is 1890. The monoisotopic (exact) mass is 937 g/mol. The minimum Gasteiger partial charge on any atom is -0.481 e. The van der Waals surface area contributed by atoms with E-state index in [1.165, 1.54) is 22.9 Å². The quantitative estimate of drug-likeness (QED) is 0.0722. The number of hydrogen-bond donors (Lipinski definition) is 6. The Kier molecular flexibility index (Phi) is 21.9. The number of rotatable bonds is 6. The number of carboxylic acid groups (broad SMARTS) is 1. The molecule has 4 aliphatic rings.